The number of aryl methyl sites for hydroxylation is 1. The third-order valence-electron chi connectivity index (χ3n) is 5.55. The first-order valence-electron chi connectivity index (χ1n) is 10.1. The minimum absolute atomic E-state index is 0. The number of hydrogen-bond donors (Lipinski definition) is 2. The molecule has 6 nitrogen and oxygen atoms in total. The van der Waals surface area contributed by atoms with Gasteiger partial charge in [0.15, 0.2) is 0 Å². The number of hydrogen-bond acceptors (Lipinski definition) is 4. The highest BCUT2D eigenvalue weighted by atomic mass is 35.5. The minimum Gasteiger partial charge on any atom is -0.371 e. The summed E-state index contributed by atoms with van der Waals surface area (Å²) in [6.07, 6.45) is 5.53. The summed E-state index contributed by atoms with van der Waals surface area (Å²) in [6.45, 7) is 8.62. The molecule has 1 fully saturated rings. The molecule has 0 radical (unpaired) electrons. The fourth-order valence-electron chi connectivity index (χ4n) is 3.78. The van der Waals surface area contributed by atoms with Gasteiger partial charge in [-0.2, -0.15) is 5.10 Å². The molecule has 2 heterocycles. The predicted molar refractivity (Wildman–Crippen MR) is 128 cm³/mol. The van der Waals surface area contributed by atoms with Crippen molar-refractivity contribution in [3.05, 3.63) is 47.8 Å². The molecule has 1 aliphatic rings. The Morgan fingerprint density at radius 3 is 2.20 bits per heavy atom. The van der Waals surface area contributed by atoms with Crippen molar-refractivity contribution < 1.29 is 4.79 Å². The van der Waals surface area contributed by atoms with E-state index in [1.165, 1.54) is 11.3 Å². The second-order valence-corrected chi connectivity index (χ2v) is 8.74. The molecule has 0 saturated carbocycles. The van der Waals surface area contributed by atoms with Crippen molar-refractivity contribution in [2.45, 2.75) is 51.1 Å². The Labute approximate surface area is 192 Å². The van der Waals surface area contributed by atoms with Crippen LogP contribution in [0.5, 0.6) is 0 Å². The molecule has 1 amide bonds. The maximum atomic E-state index is 12.7. The van der Waals surface area contributed by atoms with Crippen LogP contribution in [0.25, 0.3) is 0 Å². The van der Waals surface area contributed by atoms with E-state index in [-0.39, 0.29) is 48.2 Å². The van der Waals surface area contributed by atoms with E-state index in [2.05, 4.69) is 65.7 Å². The number of carbonyl (C=O) groups excluding carboxylic acids is 1. The van der Waals surface area contributed by atoms with Gasteiger partial charge in [-0.15, -0.1) is 24.8 Å². The first kappa shape index (κ1) is 26.3. The van der Waals surface area contributed by atoms with E-state index >= 15 is 0 Å². The lowest BCUT2D eigenvalue weighted by Gasteiger charge is -2.34. The van der Waals surface area contributed by atoms with Crippen LogP contribution in [0, 0.1) is 0 Å². The summed E-state index contributed by atoms with van der Waals surface area (Å²) in [5.41, 5.74) is 3.68. The number of amides is 1. The van der Waals surface area contributed by atoms with E-state index in [1.807, 2.05) is 13.2 Å². The number of benzene rings is 1. The number of aromatic nitrogens is 2. The molecule has 30 heavy (non-hydrogen) atoms. The maximum absolute atomic E-state index is 12.7. The SMILES string of the molecule is CNC(C(=O)NC1CCN(c2ccc(C(C)(C)C)cc2)CC1)c1cnn(C)c1.Cl.Cl. The Morgan fingerprint density at radius 2 is 1.73 bits per heavy atom. The van der Waals surface area contributed by atoms with Gasteiger partial charge in [0.25, 0.3) is 0 Å². The summed E-state index contributed by atoms with van der Waals surface area (Å²) in [6, 6.07) is 8.75. The van der Waals surface area contributed by atoms with E-state index in [9.17, 15) is 4.79 Å². The molecule has 2 aromatic rings. The van der Waals surface area contributed by atoms with Crippen molar-refractivity contribution in [1.82, 2.24) is 20.4 Å². The van der Waals surface area contributed by atoms with Crippen molar-refractivity contribution in [2.24, 2.45) is 7.05 Å². The number of nitrogens with zero attached hydrogens (tertiary/aromatic N) is 3. The van der Waals surface area contributed by atoms with Gasteiger partial charge in [0.2, 0.25) is 5.91 Å². The summed E-state index contributed by atoms with van der Waals surface area (Å²) in [5, 5.41) is 10.5. The Bertz CT molecular complexity index is 793. The lowest BCUT2D eigenvalue weighted by molar-refractivity contribution is -0.124. The normalized spacial score (nSPS) is 15.7. The summed E-state index contributed by atoms with van der Waals surface area (Å²) < 4.78 is 1.72. The van der Waals surface area contributed by atoms with E-state index in [0.29, 0.717) is 0 Å². The fraction of sp³-hybridized carbons (Fsp3) is 0.545. The molecular formula is C22H35Cl2N5O. The predicted octanol–water partition coefficient (Wildman–Crippen LogP) is 3.61. The molecule has 8 heteroatoms. The van der Waals surface area contributed by atoms with Crippen molar-refractivity contribution in [2.75, 3.05) is 25.0 Å². The quantitative estimate of drug-likeness (QED) is 0.722. The van der Waals surface area contributed by atoms with Gasteiger partial charge in [-0.05, 0) is 43.0 Å². The van der Waals surface area contributed by atoms with Gasteiger partial charge < -0.3 is 15.5 Å². The van der Waals surface area contributed by atoms with E-state index in [0.717, 1.165) is 31.5 Å². The average Bonchev–Trinajstić information content (AvgIpc) is 3.08. The van der Waals surface area contributed by atoms with E-state index in [1.54, 1.807) is 17.9 Å². The van der Waals surface area contributed by atoms with E-state index in [4.69, 9.17) is 0 Å². The van der Waals surface area contributed by atoms with Crippen LogP contribution >= 0.6 is 24.8 Å². The lowest BCUT2D eigenvalue weighted by atomic mass is 9.87. The largest absolute Gasteiger partial charge is 0.371 e. The zero-order valence-electron chi connectivity index (χ0n) is 18.5. The Balaban J connectivity index is 0.00000225. The van der Waals surface area contributed by atoms with Gasteiger partial charge in [0.1, 0.15) is 6.04 Å². The van der Waals surface area contributed by atoms with Gasteiger partial charge in [0.05, 0.1) is 6.20 Å². The number of anilines is 1. The standard InChI is InChI=1S/C22H33N5O.2ClH/c1-22(2,3)17-6-8-19(9-7-17)27-12-10-18(11-13-27)25-21(28)20(23-4)16-14-24-26(5)15-16;;/h6-9,14-15,18,20,23H,10-13H2,1-5H3,(H,25,28);2*1H. The lowest BCUT2D eigenvalue weighted by Crippen LogP contribution is -2.47. The molecule has 1 atom stereocenters. The Kier molecular flexibility index (Phi) is 9.66. The van der Waals surface area contributed by atoms with Crippen LogP contribution in [-0.2, 0) is 17.3 Å². The molecule has 2 N–H and O–H groups in total. The van der Waals surface area contributed by atoms with E-state index < -0.39 is 0 Å². The highest BCUT2D eigenvalue weighted by Crippen LogP contribution is 2.26. The number of piperidine rings is 1. The monoisotopic (exact) mass is 455 g/mol. The average molecular weight is 456 g/mol. The van der Waals surface area contributed by atoms with Gasteiger partial charge in [-0.1, -0.05) is 32.9 Å². The first-order valence-corrected chi connectivity index (χ1v) is 10.1. The van der Waals surface area contributed by atoms with Crippen molar-refractivity contribution in [3.63, 3.8) is 0 Å². The molecule has 0 spiro atoms. The number of nitrogens with one attached hydrogen (secondary N) is 2. The zero-order chi connectivity index (χ0) is 20.3. The number of rotatable bonds is 5. The molecule has 1 saturated heterocycles. The third kappa shape index (κ3) is 6.37. The van der Waals surface area contributed by atoms with Crippen LogP contribution < -0.4 is 15.5 Å². The summed E-state index contributed by atoms with van der Waals surface area (Å²) in [4.78, 5) is 15.1. The van der Waals surface area contributed by atoms with Gasteiger partial charge in [0, 0.05) is 43.6 Å². The molecule has 0 bridgehead atoms. The molecule has 1 aromatic heterocycles. The third-order valence-corrected chi connectivity index (χ3v) is 5.55. The number of likely N-dealkylation sites (N-methyl/N-ethyl adjacent to an activating group) is 1. The maximum Gasteiger partial charge on any atom is 0.242 e. The summed E-state index contributed by atoms with van der Waals surface area (Å²) in [7, 11) is 3.67. The number of halogens is 2. The van der Waals surface area contributed by atoms with Crippen LogP contribution in [0.2, 0.25) is 0 Å². The van der Waals surface area contributed by atoms with Crippen molar-refractivity contribution >= 4 is 36.4 Å². The molecule has 168 valence electrons. The van der Waals surface area contributed by atoms with Gasteiger partial charge in [-0.25, -0.2) is 0 Å². The molecular weight excluding hydrogens is 421 g/mol. The van der Waals surface area contributed by atoms with Gasteiger partial charge in [-0.3, -0.25) is 9.48 Å². The highest BCUT2D eigenvalue weighted by molar-refractivity contribution is 5.85. The van der Waals surface area contributed by atoms with Crippen LogP contribution in [-0.4, -0.2) is 41.9 Å². The summed E-state index contributed by atoms with van der Waals surface area (Å²) >= 11 is 0. The molecule has 3 rings (SSSR count). The Morgan fingerprint density at radius 1 is 1.13 bits per heavy atom. The highest BCUT2D eigenvalue weighted by Gasteiger charge is 2.26. The zero-order valence-corrected chi connectivity index (χ0v) is 20.1. The minimum atomic E-state index is -0.364. The second kappa shape index (κ2) is 11.0. The fourth-order valence-corrected chi connectivity index (χ4v) is 3.78. The van der Waals surface area contributed by atoms with Crippen molar-refractivity contribution in [1.29, 1.82) is 0 Å². The van der Waals surface area contributed by atoms with Gasteiger partial charge >= 0.3 is 0 Å². The van der Waals surface area contributed by atoms with Crippen LogP contribution in [0.1, 0.15) is 50.8 Å². The number of carbonyl (C=O) groups is 1. The topological polar surface area (TPSA) is 62.2 Å². The molecule has 0 aliphatic carbocycles. The Hall–Kier alpha value is -1.76. The molecule has 1 aromatic carbocycles. The van der Waals surface area contributed by atoms with Crippen LogP contribution in [0.15, 0.2) is 36.7 Å². The molecule has 1 unspecified atom stereocenters. The summed E-state index contributed by atoms with van der Waals surface area (Å²) in [5.74, 6) is 0.0171. The first-order chi connectivity index (χ1) is 13.3. The van der Waals surface area contributed by atoms with Crippen LogP contribution in [0.3, 0.4) is 0 Å². The molecule has 1 aliphatic heterocycles. The van der Waals surface area contributed by atoms with Crippen molar-refractivity contribution in [3.8, 4) is 0 Å². The second-order valence-electron chi connectivity index (χ2n) is 8.74. The smallest absolute Gasteiger partial charge is 0.242 e. The van der Waals surface area contributed by atoms with Crippen LogP contribution in [0.4, 0.5) is 5.69 Å².